The van der Waals surface area contributed by atoms with Gasteiger partial charge in [-0.25, -0.2) is 0 Å². The van der Waals surface area contributed by atoms with Gasteiger partial charge in [0.2, 0.25) is 0 Å². The molecule has 1 aromatic rings. The molecule has 0 saturated carbocycles. The van der Waals surface area contributed by atoms with Crippen molar-refractivity contribution in [2.45, 2.75) is 18.6 Å². The molecule has 2 aliphatic heterocycles. The lowest BCUT2D eigenvalue weighted by Crippen LogP contribution is -2.59. The van der Waals surface area contributed by atoms with Gasteiger partial charge >= 0.3 is 5.69 Å². The largest absolute Gasteiger partial charge is 0.502 e. The van der Waals surface area contributed by atoms with Gasteiger partial charge in [0.1, 0.15) is 0 Å². The minimum Gasteiger partial charge on any atom is -0.502 e. The summed E-state index contributed by atoms with van der Waals surface area (Å²) in [5.74, 6) is -0.721. The summed E-state index contributed by atoms with van der Waals surface area (Å²) in [6.07, 6.45) is 0.905. The maximum Gasteiger partial charge on any atom is 0.310 e. The van der Waals surface area contributed by atoms with Crippen molar-refractivity contribution in [2.75, 3.05) is 33.3 Å². The van der Waals surface area contributed by atoms with Crippen molar-refractivity contribution in [2.24, 2.45) is 0 Å². The highest BCUT2D eigenvalue weighted by molar-refractivity contribution is 5.95. The lowest BCUT2D eigenvalue weighted by molar-refractivity contribution is -0.385. The monoisotopic (exact) mass is 321 g/mol. The summed E-state index contributed by atoms with van der Waals surface area (Å²) < 4.78 is 5.75. The maximum absolute atomic E-state index is 12.6. The predicted molar refractivity (Wildman–Crippen MR) is 81.4 cm³/mol. The van der Waals surface area contributed by atoms with Gasteiger partial charge in [0.25, 0.3) is 5.91 Å². The first-order valence-corrected chi connectivity index (χ1v) is 7.56. The summed E-state index contributed by atoms with van der Waals surface area (Å²) in [4.78, 5) is 26.6. The molecule has 1 aromatic carbocycles. The molecule has 8 heteroatoms. The number of rotatable bonds is 2. The summed E-state index contributed by atoms with van der Waals surface area (Å²) in [6, 6.07) is 3.86. The van der Waals surface area contributed by atoms with E-state index in [0.717, 1.165) is 25.1 Å². The molecule has 1 amide bonds. The van der Waals surface area contributed by atoms with Crippen molar-refractivity contribution in [3.05, 3.63) is 33.9 Å². The van der Waals surface area contributed by atoms with Crippen molar-refractivity contribution in [3.8, 4) is 5.75 Å². The number of phenols is 1. The van der Waals surface area contributed by atoms with Crippen LogP contribution in [-0.2, 0) is 4.74 Å². The number of aromatic hydroxyl groups is 1. The third-order valence-electron chi connectivity index (χ3n) is 4.57. The number of nitrogens with zero attached hydrogens (tertiary/aromatic N) is 3. The van der Waals surface area contributed by atoms with E-state index in [2.05, 4.69) is 4.90 Å². The fourth-order valence-electron chi connectivity index (χ4n) is 3.22. The van der Waals surface area contributed by atoms with Crippen LogP contribution in [-0.4, -0.2) is 71.2 Å². The molecule has 0 bridgehead atoms. The second kappa shape index (κ2) is 6.13. The Kier molecular flexibility index (Phi) is 4.18. The molecule has 2 unspecified atom stereocenters. The smallest absolute Gasteiger partial charge is 0.310 e. The fraction of sp³-hybridized carbons (Fsp3) is 0.533. The number of fused-ring (bicyclic) bond motifs is 1. The molecule has 0 spiro atoms. The summed E-state index contributed by atoms with van der Waals surface area (Å²) in [5.41, 5.74) is -0.147. The zero-order valence-electron chi connectivity index (χ0n) is 12.8. The van der Waals surface area contributed by atoms with Gasteiger partial charge < -0.3 is 14.7 Å². The predicted octanol–water partition coefficient (Wildman–Crippen LogP) is 0.845. The molecule has 23 heavy (non-hydrogen) atoms. The Bertz CT molecular complexity index is 636. The Morgan fingerprint density at radius 1 is 1.43 bits per heavy atom. The molecule has 3 rings (SSSR count). The number of phenolic OH excluding ortho intramolecular Hbond substituents is 1. The summed E-state index contributed by atoms with van der Waals surface area (Å²) >= 11 is 0. The molecule has 0 aromatic heterocycles. The topological polar surface area (TPSA) is 96.2 Å². The zero-order valence-corrected chi connectivity index (χ0v) is 12.8. The van der Waals surface area contributed by atoms with E-state index in [1.54, 1.807) is 4.90 Å². The number of hydrogen-bond acceptors (Lipinski definition) is 6. The lowest BCUT2D eigenvalue weighted by atomic mass is 9.98. The highest BCUT2D eigenvalue weighted by atomic mass is 16.6. The molecule has 2 saturated heterocycles. The van der Waals surface area contributed by atoms with Crippen molar-refractivity contribution >= 4 is 11.6 Å². The standard InChI is InChI=1S/C15H19N3O5/c1-16-6-7-23-14-4-5-17(9-12(14)16)15(20)10-2-3-11(18(21)22)13(19)8-10/h2-3,8,12,14,19H,4-7,9H2,1H3. The van der Waals surface area contributed by atoms with E-state index in [-0.39, 0.29) is 23.6 Å². The molecular weight excluding hydrogens is 302 g/mol. The second-order valence-corrected chi connectivity index (χ2v) is 5.96. The van der Waals surface area contributed by atoms with Crippen molar-refractivity contribution in [3.63, 3.8) is 0 Å². The molecular formula is C15H19N3O5. The van der Waals surface area contributed by atoms with Gasteiger partial charge in [0, 0.05) is 31.3 Å². The van der Waals surface area contributed by atoms with Gasteiger partial charge in [0.05, 0.1) is 23.7 Å². The number of likely N-dealkylation sites (N-methyl/N-ethyl adjacent to an activating group) is 1. The summed E-state index contributed by atoms with van der Waals surface area (Å²) in [6.45, 7) is 2.67. The molecule has 2 heterocycles. The van der Waals surface area contributed by atoms with Crippen LogP contribution in [0.3, 0.4) is 0 Å². The number of morpholine rings is 1. The third kappa shape index (κ3) is 2.99. The van der Waals surface area contributed by atoms with E-state index in [0.29, 0.717) is 19.7 Å². The van der Waals surface area contributed by atoms with Crippen LogP contribution in [0.5, 0.6) is 5.75 Å². The average molecular weight is 321 g/mol. The Labute approximate surface area is 133 Å². The van der Waals surface area contributed by atoms with E-state index in [9.17, 15) is 20.0 Å². The number of hydrogen-bond donors (Lipinski definition) is 1. The summed E-state index contributed by atoms with van der Waals surface area (Å²) in [5, 5.41) is 20.4. The zero-order chi connectivity index (χ0) is 16.6. The first-order chi connectivity index (χ1) is 11.0. The molecule has 8 nitrogen and oxygen atoms in total. The Morgan fingerprint density at radius 3 is 2.91 bits per heavy atom. The Morgan fingerprint density at radius 2 is 2.22 bits per heavy atom. The molecule has 0 aliphatic carbocycles. The van der Waals surface area contributed by atoms with Crippen molar-refractivity contribution in [1.29, 1.82) is 0 Å². The minimum atomic E-state index is -0.677. The number of nitro groups is 1. The number of carbonyl (C=O) groups excluding carboxylic acids is 1. The van der Waals surface area contributed by atoms with Gasteiger partial charge in [0.15, 0.2) is 5.75 Å². The van der Waals surface area contributed by atoms with Crippen LogP contribution in [0.1, 0.15) is 16.8 Å². The number of piperidine rings is 1. The number of benzene rings is 1. The maximum atomic E-state index is 12.6. The minimum absolute atomic E-state index is 0.142. The normalized spacial score (nSPS) is 25.0. The quantitative estimate of drug-likeness (QED) is 0.641. The second-order valence-electron chi connectivity index (χ2n) is 5.96. The molecule has 0 radical (unpaired) electrons. The third-order valence-corrected chi connectivity index (χ3v) is 4.57. The number of carbonyl (C=O) groups is 1. The van der Waals surface area contributed by atoms with Gasteiger partial charge in [-0.3, -0.25) is 19.8 Å². The Hall–Kier alpha value is -2.19. The number of ether oxygens (including phenoxy) is 1. The van der Waals surface area contributed by atoms with Gasteiger partial charge in [-0.1, -0.05) is 0 Å². The molecule has 1 N–H and O–H groups in total. The van der Waals surface area contributed by atoms with Crippen LogP contribution in [0, 0.1) is 10.1 Å². The number of likely N-dealkylation sites (tertiary alicyclic amines) is 1. The summed E-state index contributed by atoms with van der Waals surface area (Å²) in [7, 11) is 2.02. The van der Waals surface area contributed by atoms with E-state index < -0.39 is 16.4 Å². The van der Waals surface area contributed by atoms with E-state index >= 15 is 0 Å². The number of nitro benzene ring substituents is 1. The average Bonchev–Trinajstić information content (AvgIpc) is 2.54. The Balaban J connectivity index is 1.75. The van der Waals surface area contributed by atoms with Gasteiger partial charge in [-0.05, 0) is 25.6 Å². The highest BCUT2D eigenvalue weighted by Crippen LogP contribution is 2.28. The fourth-order valence-corrected chi connectivity index (χ4v) is 3.22. The molecule has 2 atom stereocenters. The first kappa shape index (κ1) is 15.7. The first-order valence-electron chi connectivity index (χ1n) is 7.56. The number of amides is 1. The van der Waals surface area contributed by atoms with Crippen molar-refractivity contribution < 1.29 is 19.6 Å². The van der Waals surface area contributed by atoms with E-state index in [1.807, 2.05) is 7.05 Å². The van der Waals surface area contributed by atoms with Crippen LogP contribution in [0.15, 0.2) is 18.2 Å². The van der Waals surface area contributed by atoms with Crippen LogP contribution in [0.2, 0.25) is 0 Å². The van der Waals surface area contributed by atoms with E-state index in [4.69, 9.17) is 4.74 Å². The van der Waals surface area contributed by atoms with Crippen LogP contribution in [0.4, 0.5) is 5.69 Å². The molecule has 2 aliphatic rings. The van der Waals surface area contributed by atoms with Gasteiger partial charge in [-0.2, -0.15) is 0 Å². The molecule has 124 valence electrons. The highest BCUT2D eigenvalue weighted by Gasteiger charge is 2.37. The van der Waals surface area contributed by atoms with Crippen LogP contribution >= 0.6 is 0 Å². The lowest BCUT2D eigenvalue weighted by Gasteiger charge is -2.45. The van der Waals surface area contributed by atoms with E-state index in [1.165, 1.54) is 6.07 Å². The van der Waals surface area contributed by atoms with Crippen molar-refractivity contribution in [1.82, 2.24) is 9.80 Å². The van der Waals surface area contributed by atoms with Gasteiger partial charge in [-0.15, -0.1) is 0 Å². The SMILES string of the molecule is CN1CCOC2CCN(C(=O)c3ccc([N+](=O)[O-])c(O)c3)CC21. The van der Waals surface area contributed by atoms with Crippen LogP contribution < -0.4 is 0 Å². The molecule has 2 fully saturated rings. The van der Waals surface area contributed by atoms with Crippen LogP contribution in [0.25, 0.3) is 0 Å².